The molecule has 1 heterocycles. The molecule has 5 heteroatoms. The van der Waals surface area contributed by atoms with Gasteiger partial charge in [-0.15, -0.1) is 0 Å². The number of nitrogens with two attached hydrogens (primary N) is 1. The van der Waals surface area contributed by atoms with E-state index < -0.39 is 0 Å². The SMILES string of the molecule is CC(=NC1CCNCC1)NN.N.[HH]. The highest BCUT2D eigenvalue weighted by Gasteiger charge is 2.10. The first-order chi connectivity index (χ1) is 5.33. The standard InChI is InChI=1S/C7H16N4.H3N.H2/c1-6(11-8)10-7-2-4-9-5-3-7;;/h7,9H,2-5,8H2,1H3,(H,10,11);1H3;1H. The Labute approximate surface area is 74.8 Å². The fraction of sp³-hybridized carbons (Fsp3) is 0.857. The third-order valence-corrected chi connectivity index (χ3v) is 1.89. The molecule has 1 aliphatic rings. The fourth-order valence-corrected chi connectivity index (χ4v) is 1.25. The van der Waals surface area contributed by atoms with Gasteiger partial charge in [0.2, 0.25) is 0 Å². The zero-order valence-corrected chi connectivity index (χ0v) is 7.64. The Bertz CT molecular complexity index is 144. The summed E-state index contributed by atoms with van der Waals surface area (Å²) in [4.78, 5) is 4.40. The molecule has 74 valence electrons. The third kappa shape index (κ3) is 3.66. The average Bonchev–Trinajstić information content (AvgIpc) is 2.06. The number of nitrogens with one attached hydrogen (secondary N) is 2. The van der Waals surface area contributed by atoms with E-state index >= 15 is 0 Å². The largest absolute Gasteiger partial charge is 0.344 e. The number of piperidine rings is 1. The van der Waals surface area contributed by atoms with Gasteiger partial charge in [-0.25, -0.2) is 5.84 Å². The van der Waals surface area contributed by atoms with Crippen LogP contribution in [0.15, 0.2) is 4.99 Å². The van der Waals surface area contributed by atoms with E-state index in [1.54, 1.807) is 0 Å². The first-order valence-corrected chi connectivity index (χ1v) is 4.04. The molecule has 0 spiro atoms. The zero-order chi connectivity index (χ0) is 8.10. The molecule has 0 unspecified atom stereocenters. The number of hydrogen-bond donors (Lipinski definition) is 4. The van der Waals surface area contributed by atoms with E-state index in [0.29, 0.717) is 6.04 Å². The van der Waals surface area contributed by atoms with E-state index in [4.69, 9.17) is 5.84 Å². The van der Waals surface area contributed by atoms with Gasteiger partial charge in [-0.1, -0.05) is 0 Å². The molecule has 0 saturated carbocycles. The van der Waals surface area contributed by atoms with Gasteiger partial charge in [0.05, 0.1) is 6.04 Å². The van der Waals surface area contributed by atoms with Crippen molar-refractivity contribution in [2.45, 2.75) is 25.8 Å². The van der Waals surface area contributed by atoms with Gasteiger partial charge in [-0.3, -0.25) is 4.99 Å². The van der Waals surface area contributed by atoms with Gasteiger partial charge < -0.3 is 16.9 Å². The van der Waals surface area contributed by atoms with Crippen molar-refractivity contribution in [2.75, 3.05) is 13.1 Å². The van der Waals surface area contributed by atoms with Gasteiger partial charge in [0.25, 0.3) is 0 Å². The molecule has 0 aliphatic carbocycles. The van der Waals surface area contributed by atoms with Crippen LogP contribution < -0.4 is 22.7 Å². The number of hydrazine groups is 1. The number of hydrogen-bond acceptors (Lipinski definition) is 4. The van der Waals surface area contributed by atoms with Crippen LogP contribution in [0.25, 0.3) is 0 Å². The lowest BCUT2D eigenvalue weighted by molar-refractivity contribution is 0.458. The average molecular weight is 175 g/mol. The van der Waals surface area contributed by atoms with Gasteiger partial charge >= 0.3 is 0 Å². The predicted molar refractivity (Wildman–Crippen MR) is 53.5 cm³/mol. The van der Waals surface area contributed by atoms with Crippen LogP contribution in [-0.2, 0) is 0 Å². The summed E-state index contributed by atoms with van der Waals surface area (Å²) in [7, 11) is 0. The lowest BCUT2D eigenvalue weighted by Crippen LogP contribution is -2.33. The second-order valence-electron chi connectivity index (χ2n) is 2.84. The highest BCUT2D eigenvalue weighted by molar-refractivity contribution is 5.78. The van der Waals surface area contributed by atoms with E-state index in [9.17, 15) is 0 Å². The summed E-state index contributed by atoms with van der Waals surface area (Å²) in [5.41, 5.74) is 2.54. The smallest absolute Gasteiger partial charge is 0.107 e. The van der Waals surface area contributed by atoms with E-state index in [1.165, 1.54) is 0 Å². The Morgan fingerprint density at radius 1 is 1.58 bits per heavy atom. The first kappa shape index (κ1) is 11.4. The van der Waals surface area contributed by atoms with Gasteiger partial charge in [0.15, 0.2) is 0 Å². The number of aliphatic imine (C=N–C) groups is 1. The van der Waals surface area contributed by atoms with Crippen molar-refractivity contribution in [3.05, 3.63) is 0 Å². The molecule has 1 rings (SSSR count). The molecule has 0 aromatic rings. The monoisotopic (exact) mass is 175 g/mol. The van der Waals surface area contributed by atoms with Crippen LogP contribution in [0.1, 0.15) is 21.2 Å². The highest BCUT2D eigenvalue weighted by Crippen LogP contribution is 2.06. The second kappa shape index (κ2) is 5.93. The number of amidine groups is 1. The molecule has 5 nitrogen and oxygen atoms in total. The Morgan fingerprint density at radius 2 is 2.17 bits per heavy atom. The molecular formula is C7H21N5. The molecule has 7 N–H and O–H groups in total. The Kier molecular flexibility index (Phi) is 5.61. The van der Waals surface area contributed by atoms with Gasteiger partial charge in [0, 0.05) is 1.43 Å². The van der Waals surface area contributed by atoms with Gasteiger partial charge in [-0.2, -0.15) is 0 Å². The molecule has 1 fully saturated rings. The zero-order valence-electron chi connectivity index (χ0n) is 7.64. The minimum absolute atomic E-state index is 0. The van der Waals surface area contributed by atoms with Gasteiger partial charge in [-0.05, 0) is 32.9 Å². The summed E-state index contributed by atoms with van der Waals surface area (Å²) < 4.78 is 0. The molecular weight excluding hydrogens is 154 g/mol. The van der Waals surface area contributed by atoms with Crippen LogP contribution in [-0.4, -0.2) is 25.0 Å². The Morgan fingerprint density at radius 3 is 2.67 bits per heavy atom. The maximum Gasteiger partial charge on any atom is 0.107 e. The predicted octanol–water partition coefficient (Wildman–Crippen LogP) is 0.0281. The van der Waals surface area contributed by atoms with Crippen molar-refractivity contribution >= 4 is 5.84 Å². The van der Waals surface area contributed by atoms with Crippen molar-refractivity contribution in [1.29, 1.82) is 0 Å². The molecule has 0 atom stereocenters. The molecule has 12 heavy (non-hydrogen) atoms. The summed E-state index contributed by atoms with van der Waals surface area (Å²) >= 11 is 0. The van der Waals surface area contributed by atoms with E-state index in [0.717, 1.165) is 31.8 Å². The molecule has 0 aromatic carbocycles. The van der Waals surface area contributed by atoms with Crippen LogP contribution in [0.4, 0.5) is 0 Å². The lowest BCUT2D eigenvalue weighted by atomic mass is 10.1. The quantitative estimate of drug-likeness (QED) is 0.195. The molecule has 0 radical (unpaired) electrons. The number of rotatable bonds is 1. The summed E-state index contributed by atoms with van der Waals surface area (Å²) in [6.45, 7) is 4.04. The number of nitrogens with zero attached hydrogens (tertiary/aromatic N) is 1. The highest BCUT2D eigenvalue weighted by atomic mass is 15.2. The van der Waals surface area contributed by atoms with Gasteiger partial charge in [0.1, 0.15) is 5.84 Å². The maximum atomic E-state index is 5.19. The van der Waals surface area contributed by atoms with Crippen molar-refractivity contribution in [3.8, 4) is 0 Å². The lowest BCUT2D eigenvalue weighted by Gasteiger charge is -2.19. The van der Waals surface area contributed by atoms with Crippen molar-refractivity contribution < 1.29 is 1.43 Å². The molecule has 0 aromatic heterocycles. The minimum Gasteiger partial charge on any atom is -0.344 e. The van der Waals surface area contributed by atoms with E-state index in [1.807, 2.05) is 6.92 Å². The minimum atomic E-state index is 0. The second-order valence-corrected chi connectivity index (χ2v) is 2.84. The molecule has 0 amide bonds. The summed E-state index contributed by atoms with van der Waals surface area (Å²) in [5, 5.41) is 3.29. The third-order valence-electron chi connectivity index (χ3n) is 1.89. The Hall–Kier alpha value is -0.650. The van der Waals surface area contributed by atoms with Crippen molar-refractivity contribution in [1.82, 2.24) is 16.9 Å². The van der Waals surface area contributed by atoms with Crippen LogP contribution in [0.3, 0.4) is 0 Å². The topological polar surface area (TPSA) is 97.4 Å². The van der Waals surface area contributed by atoms with Crippen molar-refractivity contribution in [2.24, 2.45) is 10.8 Å². The van der Waals surface area contributed by atoms with E-state index in [2.05, 4.69) is 15.7 Å². The van der Waals surface area contributed by atoms with Crippen molar-refractivity contribution in [3.63, 3.8) is 0 Å². The van der Waals surface area contributed by atoms with E-state index in [-0.39, 0.29) is 7.58 Å². The maximum absolute atomic E-state index is 5.19. The fourth-order valence-electron chi connectivity index (χ4n) is 1.25. The van der Waals surface area contributed by atoms with Crippen LogP contribution in [0.2, 0.25) is 0 Å². The first-order valence-electron chi connectivity index (χ1n) is 4.04. The van der Waals surface area contributed by atoms with Crippen LogP contribution >= 0.6 is 0 Å². The molecule has 0 bridgehead atoms. The summed E-state index contributed by atoms with van der Waals surface area (Å²) in [6, 6.07) is 0.465. The molecule has 1 aliphatic heterocycles. The summed E-state index contributed by atoms with van der Waals surface area (Å²) in [5.74, 6) is 6.02. The summed E-state index contributed by atoms with van der Waals surface area (Å²) in [6.07, 6.45) is 2.25. The Balaban J connectivity index is 0. The normalized spacial score (nSPS) is 20.0. The van der Waals surface area contributed by atoms with Crippen LogP contribution in [0, 0.1) is 0 Å². The van der Waals surface area contributed by atoms with Crippen LogP contribution in [0.5, 0.6) is 0 Å². The molecule has 1 saturated heterocycles.